The van der Waals surface area contributed by atoms with Crippen molar-refractivity contribution >= 4 is 34.4 Å². The zero-order chi connectivity index (χ0) is 20.1. The van der Waals surface area contributed by atoms with Gasteiger partial charge in [-0.05, 0) is 6.08 Å². The zero-order valence-electron chi connectivity index (χ0n) is 15.8. The molecular weight excluding hydrogens is 400 g/mol. The molecule has 0 spiro atoms. The highest BCUT2D eigenvalue weighted by molar-refractivity contribution is 8.07. The third-order valence-electron chi connectivity index (χ3n) is 3.85. The van der Waals surface area contributed by atoms with Gasteiger partial charge in [0.05, 0.1) is 19.0 Å². The summed E-state index contributed by atoms with van der Waals surface area (Å²) >= 11 is 5.62. The summed E-state index contributed by atoms with van der Waals surface area (Å²) in [4.78, 5) is 3.87. The van der Waals surface area contributed by atoms with E-state index in [-0.39, 0.29) is 5.75 Å². The minimum absolute atomic E-state index is 0.0575. The number of nitrogens with zero attached hydrogens (tertiary/aromatic N) is 2. The van der Waals surface area contributed by atoms with Gasteiger partial charge in [0.15, 0.2) is 0 Å². The van der Waals surface area contributed by atoms with Crippen molar-refractivity contribution in [3.63, 3.8) is 0 Å². The van der Waals surface area contributed by atoms with Crippen LogP contribution in [0.3, 0.4) is 0 Å². The molecule has 0 bridgehead atoms. The highest BCUT2D eigenvalue weighted by Gasteiger charge is 2.21. The highest BCUT2D eigenvalue weighted by Crippen LogP contribution is 2.25. The molecule has 0 N–H and O–H groups in total. The Hall–Kier alpha value is -0.770. The second-order valence-electron chi connectivity index (χ2n) is 5.83. The van der Waals surface area contributed by atoms with Crippen molar-refractivity contribution in [3.8, 4) is 0 Å². The van der Waals surface area contributed by atoms with E-state index in [4.69, 9.17) is 4.74 Å². The van der Waals surface area contributed by atoms with Gasteiger partial charge < -0.3 is 4.74 Å². The van der Waals surface area contributed by atoms with Crippen LogP contribution in [0.4, 0.5) is 0 Å². The van der Waals surface area contributed by atoms with E-state index in [1.54, 1.807) is 24.3 Å². The number of ether oxygens (including phenoxy) is 1. The Morgan fingerprint density at radius 2 is 1.96 bits per heavy atom. The van der Waals surface area contributed by atoms with Gasteiger partial charge in [-0.15, -0.1) is 0 Å². The minimum atomic E-state index is -3.39. The number of sulfonamides is 1. The van der Waals surface area contributed by atoms with Crippen LogP contribution < -0.4 is 0 Å². The van der Waals surface area contributed by atoms with Gasteiger partial charge in [-0.3, -0.25) is 4.90 Å². The van der Waals surface area contributed by atoms with Crippen LogP contribution in [-0.4, -0.2) is 75.1 Å². The fourth-order valence-electron chi connectivity index (χ4n) is 2.43. The molecule has 0 aromatic carbocycles. The van der Waals surface area contributed by atoms with E-state index in [1.807, 2.05) is 6.08 Å². The van der Waals surface area contributed by atoms with Crippen molar-refractivity contribution < 1.29 is 13.2 Å². The molecule has 1 aliphatic heterocycles. The number of allylic oxidation sites excluding steroid dienone is 4. The van der Waals surface area contributed by atoms with E-state index >= 15 is 0 Å². The first kappa shape index (κ1) is 24.3. The lowest BCUT2D eigenvalue weighted by Gasteiger charge is -2.29. The Labute approximate surface area is 174 Å². The topological polar surface area (TPSA) is 49.9 Å². The molecule has 0 aromatic heterocycles. The number of thioether (sulfide) groups is 1. The Morgan fingerprint density at radius 3 is 2.56 bits per heavy atom. The lowest BCUT2D eigenvalue weighted by atomic mass is 10.4. The molecular formula is C19H30N2O3S3. The van der Waals surface area contributed by atoms with Crippen LogP contribution >= 0.6 is 24.4 Å². The minimum Gasteiger partial charge on any atom is -0.379 e. The quantitative estimate of drug-likeness (QED) is 0.360. The third kappa shape index (κ3) is 9.82. The summed E-state index contributed by atoms with van der Waals surface area (Å²) in [6, 6.07) is 0. The SMILES string of the molecule is C=C/C=C(\C=C)SC(=C)/C=C\CS(=O)(=O)N(CCS)CCN1CCOCC1. The van der Waals surface area contributed by atoms with Crippen LogP contribution in [0.2, 0.25) is 0 Å². The molecule has 1 rings (SSSR count). The molecule has 27 heavy (non-hydrogen) atoms. The first-order valence-electron chi connectivity index (χ1n) is 8.80. The van der Waals surface area contributed by atoms with Crippen molar-refractivity contribution in [3.05, 3.63) is 59.9 Å². The average molecular weight is 431 g/mol. The second kappa shape index (κ2) is 13.4. The summed E-state index contributed by atoms with van der Waals surface area (Å²) in [5, 5.41) is 0. The number of thiol groups is 1. The van der Waals surface area contributed by atoms with E-state index in [0.29, 0.717) is 38.6 Å². The monoisotopic (exact) mass is 430 g/mol. The first-order valence-corrected chi connectivity index (χ1v) is 11.9. The molecule has 5 nitrogen and oxygen atoms in total. The van der Waals surface area contributed by atoms with E-state index in [1.165, 1.54) is 16.1 Å². The van der Waals surface area contributed by atoms with E-state index in [0.717, 1.165) is 22.9 Å². The molecule has 0 atom stereocenters. The average Bonchev–Trinajstić information content (AvgIpc) is 2.65. The van der Waals surface area contributed by atoms with E-state index in [2.05, 4.69) is 37.3 Å². The largest absolute Gasteiger partial charge is 0.379 e. The molecule has 0 aliphatic carbocycles. The summed E-state index contributed by atoms with van der Waals surface area (Å²) in [7, 11) is -3.39. The third-order valence-corrected chi connectivity index (χ3v) is 6.76. The maximum Gasteiger partial charge on any atom is 0.217 e. The van der Waals surface area contributed by atoms with Gasteiger partial charge in [-0.25, -0.2) is 8.42 Å². The Balaban J connectivity index is 2.59. The van der Waals surface area contributed by atoms with Gasteiger partial charge in [-0.1, -0.05) is 55.8 Å². The zero-order valence-corrected chi connectivity index (χ0v) is 18.3. The summed E-state index contributed by atoms with van der Waals surface area (Å²) < 4.78 is 32.2. The van der Waals surface area contributed by atoms with Gasteiger partial charge in [0, 0.05) is 48.3 Å². The van der Waals surface area contributed by atoms with Crippen LogP contribution in [-0.2, 0) is 14.8 Å². The summed E-state index contributed by atoms with van der Waals surface area (Å²) in [5.74, 6) is 0.432. The molecule has 1 saturated heterocycles. The first-order chi connectivity index (χ1) is 12.9. The molecule has 0 aromatic rings. The van der Waals surface area contributed by atoms with Crippen molar-refractivity contribution in [1.29, 1.82) is 0 Å². The van der Waals surface area contributed by atoms with Gasteiger partial charge >= 0.3 is 0 Å². The maximum atomic E-state index is 12.7. The summed E-state index contributed by atoms with van der Waals surface area (Å²) in [6.07, 6.45) is 8.58. The molecule has 152 valence electrons. The smallest absolute Gasteiger partial charge is 0.217 e. The van der Waals surface area contributed by atoms with E-state index in [9.17, 15) is 8.42 Å². The number of hydrogen-bond donors (Lipinski definition) is 1. The van der Waals surface area contributed by atoms with Crippen molar-refractivity contribution in [1.82, 2.24) is 9.21 Å². The van der Waals surface area contributed by atoms with Crippen molar-refractivity contribution in [2.24, 2.45) is 0 Å². The van der Waals surface area contributed by atoms with Crippen LogP contribution in [0.25, 0.3) is 0 Å². The van der Waals surface area contributed by atoms with Gasteiger partial charge in [0.1, 0.15) is 0 Å². The normalized spacial score (nSPS) is 16.7. The van der Waals surface area contributed by atoms with Crippen LogP contribution in [0, 0.1) is 0 Å². The predicted octanol–water partition coefficient (Wildman–Crippen LogP) is 2.94. The van der Waals surface area contributed by atoms with Crippen molar-refractivity contribution in [2.45, 2.75) is 0 Å². The molecule has 0 amide bonds. The lowest BCUT2D eigenvalue weighted by Crippen LogP contribution is -2.44. The fourth-order valence-corrected chi connectivity index (χ4v) is 4.80. The number of rotatable bonds is 13. The molecule has 8 heteroatoms. The molecule has 0 unspecified atom stereocenters. The Kier molecular flexibility index (Phi) is 12.1. The molecule has 1 aliphatic rings. The Morgan fingerprint density at radius 1 is 1.26 bits per heavy atom. The summed E-state index contributed by atoms with van der Waals surface area (Å²) in [6.45, 7) is 16.0. The van der Waals surface area contributed by atoms with Crippen LogP contribution in [0.5, 0.6) is 0 Å². The van der Waals surface area contributed by atoms with E-state index < -0.39 is 10.0 Å². The highest BCUT2D eigenvalue weighted by atomic mass is 32.2. The number of morpholine rings is 1. The summed E-state index contributed by atoms with van der Waals surface area (Å²) in [5.41, 5.74) is 0. The second-order valence-corrected chi connectivity index (χ2v) is 9.50. The maximum absolute atomic E-state index is 12.7. The van der Waals surface area contributed by atoms with Gasteiger partial charge in [0.2, 0.25) is 10.0 Å². The lowest BCUT2D eigenvalue weighted by molar-refractivity contribution is 0.0364. The standard InChI is InChI=1S/C19H30N2O3S3/c1-4-7-19(5-2)26-18(3)8-6-17-27(22,23)21(13-16-25)10-9-20-11-14-24-15-12-20/h4-8,25H,1-3,9-17H2/b8-6-,19-7+. The predicted molar refractivity (Wildman–Crippen MR) is 121 cm³/mol. The molecule has 0 saturated carbocycles. The van der Waals surface area contributed by atoms with Gasteiger partial charge in [0.25, 0.3) is 0 Å². The van der Waals surface area contributed by atoms with Crippen LogP contribution in [0.1, 0.15) is 0 Å². The molecule has 1 heterocycles. The fraction of sp³-hybridized carbons (Fsp3) is 0.474. The Bertz CT molecular complexity index is 651. The molecule has 0 radical (unpaired) electrons. The van der Waals surface area contributed by atoms with Crippen LogP contribution in [0.15, 0.2) is 59.9 Å². The molecule has 1 fully saturated rings. The number of hydrogen-bond acceptors (Lipinski definition) is 6. The van der Waals surface area contributed by atoms with Gasteiger partial charge in [-0.2, -0.15) is 16.9 Å². The van der Waals surface area contributed by atoms with Crippen molar-refractivity contribution in [2.75, 3.05) is 57.4 Å².